The summed E-state index contributed by atoms with van der Waals surface area (Å²) in [7, 11) is 1.61. The molecule has 5 nitrogen and oxygen atoms in total. The normalized spacial score (nSPS) is 9.33. The van der Waals surface area contributed by atoms with E-state index in [0.717, 1.165) is 0 Å². The van der Waals surface area contributed by atoms with E-state index in [2.05, 4.69) is 0 Å². The average molecular weight is 205 g/mol. The molecule has 0 amide bonds. The number of likely N-dealkylation sites (N-methyl/N-ethyl adjacent to an activating group) is 1. The highest BCUT2D eigenvalue weighted by atomic mass is 16.4. The molecule has 0 spiro atoms. The van der Waals surface area contributed by atoms with Gasteiger partial charge in [0.2, 0.25) is 0 Å². The van der Waals surface area contributed by atoms with E-state index >= 15 is 0 Å². The van der Waals surface area contributed by atoms with Crippen LogP contribution in [-0.2, 0) is 4.79 Å². The molecule has 0 fully saturated rings. The predicted octanol–water partition coefficient (Wildman–Crippen LogP) is 0.661. The molecule has 0 saturated heterocycles. The van der Waals surface area contributed by atoms with Crippen LogP contribution in [0.5, 0.6) is 0 Å². The number of carboxylic acids is 1. The van der Waals surface area contributed by atoms with Crippen molar-refractivity contribution in [2.75, 3.05) is 24.2 Å². The Morgan fingerprint density at radius 3 is 2.87 bits per heavy atom. The van der Waals surface area contributed by atoms with Gasteiger partial charge in [0.1, 0.15) is 12.6 Å². The lowest BCUT2D eigenvalue weighted by atomic mass is 10.1. The smallest absolute Gasteiger partial charge is 0.323 e. The third-order valence-corrected chi connectivity index (χ3v) is 1.92. The van der Waals surface area contributed by atoms with Crippen LogP contribution in [0.25, 0.3) is 0 Å². The van der Waals surface area contributed by atoms with E-state index in [0.29, 0.717) is 16.9 Å². The molecule has 1 aromatic rings. The maximum atomic E-state index is 10.5. The zero-order chi connectivity index (χ0) is 11.4. The number of nitrogens with two attached hydrogens (primary N) is 1. The first-order valence-electron chi connectivity index (χ1n) is 4.27. The summed E-state index contributed by atoms with van der Waals surface area (Å²) in [6, 6.07) is 6.77. The number of hydrogen-bond donors (Lipinski definition) is 2. The zero-order valence-electron chi connectivity index (χ0n) is 8.27. The van der Waals surface area contributed by atoms with Crippen LogP contribution < -0.4 is 10.6 Å². The number of aliphatic carboxylic acids is 1. The number of anilines is 2. The molecule has 0 aliphatic carbocycles. The van der Waals surface area contributed by atoms with E-state index in [9.17, 15) is 4.79 Å². The SMILES string of the molecule is CN(CC(=O)O)c1ccc(N)cc1C#N. The summed E-state index contributed by atoms with van der Waals surface area (Å²) >= 11 is 0. The second-order valence-electron chi connectivity index (χ2n) is 3.14. The number of nitrogens with zero attached hydrogens (tertiary/aromatic N) is 2. The van der Waals surface area contributed by atoms with E-state index in [1.807, 2.05) is 6.07 Å². The minimum atomic E-state index is -0.946. The van der Waals surface area contributed by atoms with Gasteiger partial charge in [0.15, 0.2) is 0 Å². The molecule has 0 aromatic heterocycles. The van der Waals surface area contributed by atoms with Gasteiger partial charge < -0.3 is 15.7 Å². The van der Waals surface area contributed by atoms with Gasteiger partial charge in [-0.05, 0) is 18.2 Å². The molecule has 0 saturated carbocycles. The highest BCUT2D eigenvalue weighted by molar-refractivity contribution is 5.75. The molecular formula is C10H11N3O2. The minimum absolute atomic E-state index is 0.154. The predicted molar refractivity (Wildman–Crippen MR) is 56.5 cm³/mol. The van der Waals surface area contributed by atoms with Crippen molar-refractivity contribution in [1.82, 2.24) is 0 Å². The Morgan fingerprint density at radius 1 is 1.67 bits per heavy atom. The van der Waals surface area contributed by atoms with Crippen molar-refractivity contribution in [3.05, 3.63) is 23.8 Å². The summed E-state index contributed by atoms with van der Waals surface area (Å²) in [4.78, 5) is 12.0. The Hall–Kier alpha value is -2.22. The molecule has 0 aliphatic heterocycles. The molecule has 78 valence electrons. The van der Waals surface area contributed by atoms with Crippen molar-refractivity contribution in [2.45, 2.75) is 0 Å². The van der Waals surface area contributed by atoms with Crippen LogP contribution in [0, 0.1) is 11.3 Å². The van der Waals surface area contributed by atoms with Crippen LogP contribution in [0.3, 0.4) is 0 Å². The summed E-state index contributed by atoms with van der Waals surface area (Å²) in [5, 5.41) is 17.5. The van der Waals surface area contributed by atoms with Crippen molar-refractivity contribution in [3.63, 3.8) is 0 Å². The molecule has 0 bridgehead atoms. The number of carboxylic acid groups (broad SMARTS) is 1. The molecule has 3 N–H and O–H groups in total. The number of nitriles is 1. The molecular weight excluding hydrogens is 194 g/mol. The van der Waals surface area contributed by atoms with E-state index < -0.39 is 5.97 Å². The van der Waals surface area contributed by atoms with Gasteiger partial charge >= 0.3 is 5.97 Å². The van der Waals surface area contributed by atoms with Crippen molar-refractivity contribution >= 4 is 17.3 Å². The summed E-state index contributed by atoms with van der Waals surface area (Å²) in [5.74, 6) is -0.946. The molecule has 0 radical (unpaired) electrons. The van der Waals surface area contributed by atoms with Crippen LogP contribution in [0.1, 0.15) is 5.56 Å². The Labute approximate surface area is 87.3 Å². The maximum Gasteiger partial charge on any atom is 0.323 e. The second-order valence-corrected chi connectivity index (χ2v) is 3.14. The van der Waals surface area contributed by atoms with Crippen molar-refractivity contribution in [2.24, 2.45) is 0 Å². The third kappa shape index (κ3) is 2.61. The molecule has 0 unspecified atom stereocenters. The fraction of sp³-hybridized carbons (Fsp3) is 0.200. The average Bonchev–Trinajstić information content (AvgIpc) is 2.16. The highest BCUT2D eigenvalue weighted by Gasteiger charge is 2.10. The summed E-state index contributed by atoms with van der Waals surface area (Å²) in [5.41, 5.74) is 6.94. The van der Waals surface area contributed by atoms with Crippen molar-refractivity contribution in [1.29, 1.82) is 5.26 Å². The van der Waals surface area contributed by atoms with Gasteiger partial charge in [0.25, 0.3) is 0 Å². The van der Waals surface area contributed by atoms with Gasteiger partial charge in [-0.2, -0.15) is 5.26 Å². The molecule has 0 heterocycles. The largest absolute Gasteiger partial charge is 0.480 e. The number of benzene rings is 1. The van der Waals surface area contributed by atoms with E-state index in [-0.39, 0.29) is 6.54 Å². The van der Waals surface area contributed by atoms with E-state index in [4.69, 9.17) is 16.1 Å². The standard InChI is InChI=1S/C10H11N3O2/c1-13(6-10(14)15)9-3-2-8(12)4-7(9)5-11/h2-4H,6,12H2,1H3,(H,14,15). The van der Waals surface area contributed by atoms with Gasteiger partial charge in [-0.1, -0.05) is 0 Å². The fourth-order valence-electron chi connectivity index (χ4n) is 1.26. The van der Waals surface area contributed by atoms with Gasteiger partial charge in [0.05, 0.1) is 11.3 Å². The first-order valence-corrected chi connectivity index (χ1v) is 4.27. The minimum Gasteiger partial charge on any atom is -0.480 e. The molecule has 15 heavy (non-hydrogen) atoms. The van der Waals surface area contributed by atoms with Gasteiger partial charge in [-0.15, -0.1) is 0 Å². The number of carbonyl (C=O) groups is 1. The van der Waals surface area contributed by atoms with Crippen molar-refractivity contribution < 1.29 is 9.90 Å². The van der Waals surface area contributed by atoms with Crippen LogP contribution in [0.2, 0.25) is 0 Å². The first-order chi connectivity index (χ1) is 7.04. The van der Waals surface area contributed by atoms with Crippen LogP contribution >= 0.6 is 0 Å². The highest BCUT2D eigenvalue weighted by Crippen LogP contribution is 2.20. The Kier molecular flexibility index (Phi) is 3.13. The summed E-state index contributed by atoms with van der Waals surface area (Å²) in [6.07, 6.45) is 0. The van der Waals surface area contributed by atoms with Crippen LogP contribution in [-0.4, -0.2) is 24.7 Å². The monoisotopic (exact) mass is 205 g/mol. The zero-order valence-corrected chi connectivity index (χ0v) is 8.27. The summed E-state index contributed by atoms with van der Waals surface area (Å²) in [6.45, 7) is -0.154. The fourth-order valence-corrected chi connectivity index (χ4v) is 1.26. The maximum absolute atomic E-state index is 10.5. The lowest BCUT2D eigenvalue weighted by molar-refractivity contribution is -0.135. The second kappa shape index (κ2) is 4.33. The Bertz CT molecular complexity index is 423. The topological polar surface area (TPSA) is 90.3 Å². The Morgan fingerprint density at radius 2 is 2.33 bits per heavy atom. The molecule has 1 aromatic carbocycles. The van der Waals surface area contributed by atoms with Gasteiger partial charge in [0, 0.05) is 12.7 Å². The van der Waals surface area contributed by atoms with Crippen LogP contribution in [0.4, 0.5) is 11.4 Å². The van der Waals surface area contributed by atoms with E-state index in [1.165, 1.54) is 11.0 Å². The van der Waals surface area contributed by atoms with E-state index in [1.54, 1.807) is 19.2 Å². The quantitative estimate of drug-likeness (QED) is 0.707. The van der Waals surface area contributed by atoms with Crippen LogP contribution in [0.15, 0.2) is 18.2 Å². The molecule has 1 rings (SSSR count). The third-order valence-electron chi connectivity index (χ3n) is 1.92. The molecule has 0 atom stereocenters. The lowest BCUT2D eigenvalue weighted by Gasteiger charge is -2.18. The van der Waals surface area contributed by atoms with Gasteiger partial charge in [-0.25, -0.2) is 0 Å². The number of nitrogen functional groups attached to an aromatic ring is 1. The number of rotatable bonds is 3. The Balaban J connectivity index is 3.04. The first kappa shape index (κ1) is 10.9. The number of hydrogen-bond acceptors (Lipinski definition) is 4. The molecule has 0 aliphatic rings. The summed E-state index contributed by atoms with van der Waals surface area (Å²) < 4.78 is 0. The lowest BCUT2D eigenvalue weighted by Crippen LogP contribution is -2.25. The molecule has 5 heteroatoms. The van der Waals surface area contributed by atoms with Gasteiger partial charge in [-0.3, -0.25) is 4.79 Å². The van der Waals surface area contributed by atoms with Crippen molar-refractivity contribution in [3.8, 4) is 6.07 Å².